The van der Waals surface area contributed by atoms with Crippen LogP contribution in [0.4, 0.5) is 5.69 Å². The van der Waals surface area contributed by atoms with Crippen LogP contribution in [0.5, 0.6) is 0 Å². The number of carbonyl (C=O) groups excluding carboxylic acids is 2. The number of aromatic nitrogens is 1. The minimum atomic E-state index is -0.552. The van der Waals surface area contributed by atoms with Crippen LogP contribution in [-0.4, -0.2) is 21.5 Å². The van der Waals surface area contributed by atoms with Crippen molar-refractivity contribution in [1.82, 2.24) is 9.88 Å². The van der Waals surface area contributed by atoms with Gasteiger partial charge in [-0.05, 0) is 92.7 Å². The molecule has 1 aliphatic heterocycles. The molecular formula is C25H19ClN4O2S. The minimum Gasteiger partial charge on any atom is -0.318 e. The Balaban J connectivity index is 1.77. The molecular weight excluding hydrogens is 456 g/mol. The predicted molar refractivity (Wildman–Crippen MR) is 132 cm³/mol. The van der Waals surface area contributed by atoms with Crippen LogP contribution < -0.4 is 10.2 Å². The second kappa shape index (κ2) is 8.66. The van der Waals surface area contributed by atoms with E-state index in [2.05, 4.69) is 11.4 Å². The number of amides is 2. The van der Waals surface area contributed by atoms with Crippen LogP contribution >= 0.6 is 23.8 Å². The predicted octanol–water partition coefficient (Wildman–Crippen LogP) is 4.76. The Hall–Kier alpha value is -3.73. The third-order valence-corrected chi connectivity index (χ3v) is 6.30. The van der Waals surface area contributed by atoms with Gasteiger partial charge in [-0.25, -0.2) is 0 Å². The lowest BCUT2D eigenvalue weighted by molar-refractivity contribution is -0.122. The van der Waals surface area contributed by atoms with Crippen molar-refractivity contribution in [2.24, 2.45) is 0 Å². The summed E-state index contributed by atoms with van der Waals surface area (Å²) in [6.07, 6.45) is 1.58. The van der Waals surface area contributed by atoms with E-state index in [4.69, 9.17) is 29.1 Å². The first-order chi connectivity index (χ1) is 15.7. The fraction of sp³-hybridized carbons (Fsp3) is 0.120. The van der Waals surface area contributed by atoms with Gasteiger partial charge in [-0.3, -0.25) is 19.8 Å². The molecule has 0 unspecified atom stereocenters. The zero-order valence-electron chi connectivity index (χ0n) is 18.1. The quantitative estimate of drug-likeness (QED) is 0.337. The summed E-state index contributed by atoms with van der Waals surface area (Å²) in [4.78, 5) is 27.4. The van der Waals surface area contributed by atoms with Crippen LogP contribution in [0.3, 0.4) is 0 Å². The van der Waals surface area contributed by atoms with Gasteiger partial charge in [-0.15, -0.1) is 0 Å². The first kappa shape index (κ1) is 22.5. The lowest BCUT2D eigenvalue weighted by Gasteiger charge is -2.30. The summed E-state index contributed by atoms with van der Waals surface area (Å²) in [5.41, 5.74) is 5.13. The number of nitrogens with zero attached hydrogens (tertiary/aromatic N) is 3. The maximum atomic E-state index is 13.4. The monoisotopic (exact) mass is 474 g/mol. The average molecular weight is 475 g/mol. The maximum absolute atomic E-state index is 13.4. The van der Waals surface area contributed by atoms with Gasteiger partial charge in [0.05, 0.1) is 17.3 Å². The van der Waals surface area contributed by atoms with Crippen molar-refractivity contribution in [2.45, 2.75) is 20.8 Å². The van der Waals surface area contributed by atoms with Crippen LogP contribution in [-0.2, 0) is 9.59 Å². The standard InChI is InChI=1S/C25H19ClN4O2S/c1-14-11-18(16(3)29(14)19-9-7-17(13-27)8-10-19)12-20-23(31)28-25(33)30(24(20)32)22-6-4-5-21(26)15(22)2/h4-12H,1-3H3,(H,28,31,33)/b20-12+. The molecule has 0 saturated carbocycles. The molecule has 3 aromatic rings. The van der Waals surface area contributed by atoms with Gasteiger partial charge < -0.3 is 4.57 Å². The van der Waals surface area contributed by atoms with E-state index < -0.39 is 11.8 Å². The van der Waals surface area contributed by atoms with E-state index in [9.17, 15) is 9.59 Å². The molecule has 2 aromatic carbocycles. The number of carbonyl (C=O) groups is 2. The van der Waals surface area contributed by atoms with Crippen LogP contribution in [0.1, 0.15) is 28.1 Å². The molecule has 1 aliphatic rings. The van der Waals surface area contributed by atoms with Gasteiger partial charge in [0.25, 0.3) is 11.8 Å². The largest absolute Gasteiger partial charge is 0.318 e. The van der Waals surface area contributed by atoms with Gasteiger partial charge in [-0.1, -0.05) is 17.7 Å². The van der Waals surface area contributed by atoms with E-state index >= 15 is 0 Å². The maximum Gasteiger partial charge on any atom is 0.270 e. The van der Waals surface area contributed by atoms with E-state index in [0.717, 1.165) is 22.6 Å². The summed E-state index contributed by atoms with van der Waals surface area (Å²) in [5, 5.41) is 12.2. The SMILES string of the molecule is Cc1c(Cl)cccc1N1C(=O)/C(=C/c2cc(C)n(-c3ccc(C#N)cc3)c2C)C(=O)NC1=S. The highest BCUT2D eigenvalue weighted by atomic mass is 35.5. The summed E-state index contributed by atoms with van der Waals surface area (Å²) in [5.74, 6) is -1.07. The Morgan fingerprint density at radius 1 is 1.09 bits per heavy atom. The summed E-state index contributed by atoms with van der Waals surface area (Å²) in [7, 11) is 0. The normalized spacial score (nSPS) is 15.1. The zero-order chi connectivity index (χ0) is 23.9. The number of thiocarbonyl (C=S) groups is 1. The second-order valence-electron chi connectivity index (χ2n) is 7.66. The lowest BCUT2D eigenvalue weighted by atomic mass is 10.1. The van der Waals surface area contributed by atoms with E-state index in [0.29, 0.717) is 21.8 Å². The number of hydrogen-bond acceptors (Lipinski definition) is 4. The van der Waals surface area contributed by atoms with Crippen LogP contribution in [0, 0.1) is 32.1 Å². The third kappa shape index (κ3) is 3.95. The number of hydrogen-bond donors (Lipinski definition) is 1. The Morgan fingerprint density at radius 3 is 2.45 bits per heavy atom. The second-order valence-corrected chi connectivity index (χ2v) is 8.46. The molecule has 0 bridgehead atoms. The van der Waals surface area contributed by atoms with Gasteiger partial charge in [0.2, 0.25) is 0 Å². The smallest absolute Gasteiger partial charge is 0.270 e. The first-order valence-electron chi connectivity index (χ1n) is 10.1. The highest BCUT2D eigenvalue weighted by Gasteiger charge is 2.35. The van der Waals surface area contributed by atoms with E-state index in [1.165, 1.54) is 4.90 Å². The molecule has 1 N–H and O–H groups in total. The summed E-state index contributed by atoms with van der Waals surface area (Å²) >= 11 is 11.5. The third-order valence-electron chi connectivity index (χ3n) is 5.61. The number of nitrogens with one attached hydrogen (secondary N) is 1. The summed E-state index contributed by atoms with van der Waals surface area (Å²) in [6.45, 7) is 5.64. The van der Waals surface area contributed by atoms with Crippen LogP contribution in [0.25, 0.3) is 11.8 Å². The van der Waals surface area contributed by atoms with Gasteiger partial charge >= 0.3 is 0 Å². The molecule has 1 saturated heterocycles. The Morgan fingerprint density at radius 2 is 1.79 bits per heavy atom. The summed E-state index contributed by atoms with van der Waals surface area (Å²) in [6, 6.07) is 16.4. The Bertz CT molecular complexity index is 1400. The van der Waals surface area contributed by atoms with Crippen LogP contribution in [0.15, 0.2) is 54.1 Å². The number of nitriles is 1. The molecule has 2 heterocycles. The van der Waals surface area contributed by atoms with Crippen molar-refractivity contribution in [2.75, 3.05) is 4.90 Å². The Kier molecular flexibility index (Phi) is 5.90. The van der Waals surface area contributed by atoms with E-state index in [1.807, 2.05) is 36.6 Å². The summed E-state index contributed by atoms with van der Waals surface area (Å²) < 4.78 is 2.00. The number of aryl methyl sites for hydroxylation is 1. The number of anilines is 1. The van der Waals surface area contributed by atoms with Gasteiger partial charge in [0, 0.05) is 22.1 Å². The van der Waals surface area contributed by atoms with Crippen molar-refractivity contribution < 1.29 is 9.59 Å². The van der Waals surface area contributed by atoms with Gasteiger partial charge in [0.1, 0.15) is 5.57 Å². The van der Waals surface area contributed by atoms with Gasteiger partial charge in [-0.2, -0.15) is 5.26 Å². The molecule has 4 rings (SSSR count). The number of rotatable bonds is 3. The fourth-order valence-electron chi connectivity index (χ4n) is 3.89. The first-order valence-corrected chi connectivity index (χ1v) is 10.9. The van der Waals surface area contributed by atoms with Crippen molar-refractivity contribution in [3.63, 3.8) is 0 Å². The number of benzene rings is 2. The van der Waals surface area contributed by atoms with Crippen molar-refractivity contribution in [1.29, 1.82) is 5.26 Å². The molecule has 6 nitrogen and oxygen atoms in total. The topological polar surface area (TPSA) is 78.1 Å². The lowest BCUT2D eigenvalue weighted by Crippen LogP contribution is -2.54. The van der Waals surface area contributed by atoms with Crippen molar-refractivity contribution >= 4 is 52.5 Å². The van der Waals surface area contributed by atoms with Crippen molar-refractivity contribution in [3.05, 3.63) is 87.2 Å². The molecule has 2 amide bonds. The molecule has 1 fully saturated rings. The van der Waals surface area contributed by atoms with Crippen molar-refractivity contribution in [3.8, 4) is 11.8 Å². The number of halogens is 1. The minimum absolute atomic E-state index is 0.00979. The molecule has 0 radical (unpaired) electrons. The van der Waals surface area contributed by atoms with Gasteiger partial charge in [0.15, 0.2) is 5.11 Å². The van der Waals surface area contributed by atoms with Crippen LogP contribution in [0.2, 0.25) is 5.02 Å². The highest BCUT2D eigenvalue weighted by Crippen LogP contribution is 2.30. The van der Waals surface area contributed by atoms with E-state index in [1.54, 1.807) is 43.3 Å². The fourth-order valence-corrected chi connectivity index (χ4v) is 4.33. The highest BCUT2D eigenvalue weighted by molar-refractivity contribution is 7.80. The molecule has 1 aromatic heterocycles. The molecule has 33 heavy (non-hydrogen) atoms. The molecule has 0 atom stereocenters. The van der Waals surface area contributed by atoms with E-state index in [-0.39, 0.29) is 10.7 Å². The molecule has 0 spiro atoms. The average Bonchev–Trinajstić information content (AvgIpc) is 3.06. The molecule has 0 aliphatic carbocycles. The zero-order valence-corrected chi connectivity index (χ0v) is 19.7. The Labute approximate surface area is 201 Å². The molecule has 164 valence electrons. The molecule has 8 heteroatoms.